The van der Waals surface area contributed by atoms with Crippen LogP contribution < -0.4 is 20.0 Å². The Kier molecular flexibility index (Phi) is 4.57. The quantitative estimate of drug-likeness (QED) is 0.741. The predicted molar refractivity (Wildman–Crippen MR) is 99.0 cm³/mol. The Bertz CT molecular complexity index is 835. The molecule has 4 rings (SSSR count). The fourth-order valence-corrected chi connectivity index (χ4v) is 3.82. The van der Waals surface area contributed by atoms with Gasteiger partial charge in [-0.3, -0.25) is 4.99 Å². The molecule has 1 fully saturated rings. The zero-order valence-electron chi connectivity index (χ0n) is 15.0. The molecule has 25 heavy (non-hydrogen) atoms. The summed E-state index contributed by atoms with van der Waals surface area (Å²) in [4.78, 5) is 11.7. The lowest BCUT2D eigenvalue weighted by Gasteiger charge is -2.15. The zero-order chi connectivity index (χ0) is 17.2. The monoisotopic (exact) mass is 339 g/mol. The van der Waals surface area contributed by atoms with Crippen LogP contribution in [0, 0.1) is 0 Å². The van der Waals surface area contributed by atoms with Crippen LogP contribution in [0.15, 0.2) is 33.9 Å². The highest BCUT2D eigenvalue weighted by molar-refractivity contribution is 5.86. The maximum absolute atomic E-state index is 6.02. The summed E-state index contributed by atoms with van der Waals surface area (Å²) in [5.74, 6) is 1.55. The molecule has 0 aromatic heterocycles. The number of hydrogen-bond donors (Lipinski definition) is 0. The van der Waals surface area contributed by atoms with Crippen molar-refractivity contribution in [3.63, 3.8) is 0 Å². The van der Waals surface area contributed by atoms with Gasteiger partial charge in [-0.15, -0.1) is 0 Å². The molecule has 0 bridgehead atoms. The van der Waals surface area contributed by atoms with Crippen molar-refractivity contribution in [1.82, 2.24) is 4.90 Å². The molecule has 1 unspecified atom stereocenters. The van der Waals surface area contributed by atoms with E-state index in [0.29, 0.717) is 6.61 Å². The molecule has 3 aliphatic heterocycles. The summed E-state index contributed by atoms with van der Waals surface area (Å²) < 4.78 is 11.6. The van der Waals surface area contributed by atoms with E-state index in [1.165, 1.54) is 31.5 Å². The minimum Gasteiger partial charge on any atom is -0.493 e. The number of hydrogen-bond acceptors (Lipinski definition) is 5. The van der Waals surface area contributed by atoms with E-state index >= 15 is 0 Å². The van der Waals surface area contributed by atoms with E-state index in [9.17, 15) is 0 Å². The molecule has 5 heteroatoms. The smallest absolute Gasteiger partial charge is 0.163 e. The highest BCUT2D eigenvalue weighted by Crippen LogP contribution is 2.27. The van der Waals surface area contributed by atoms with Crippen LogP contribution in [-0.4, -0.2) is 50.5 Å². The molecule has 0 amide bonds. The first-order valence-electron chi connectivity index (χ1n) is 9.16. The molecule has 3 aliphatic rings. The molecular formula is C20H25N3O2. The maximum atomic E-state index is 6.02. The molecule has 0 radical (unpaired) electrons. The van der Waals surface area contributed by atoms with Crippen molar-refractivity contribution in [2.45, 2.75) is 32.2 Å². The molecule has 132 valence electrons. The lowest BCUT2D eigenvalue weighted by Crippen LogP contribution is -2.26. The average molecular weight is 339 g/mol. The standard InChI is InChI=1S/C20H25N3O2/c1-14-20-15-12-18(24-2)19(13-17(15)22-16(20)6-7-21-14)25-11-5-10-23-8-3-4-9-23/h6-7,12-14H,3-5,8-11H2,1-2H3. The second-order valence-corrected chi connectivity index (χ2v) is 6.82. The van der Waals surface area contributed by atoms with Crippen molar-refractivity contribution in [1.29, 1.82) is 0 Å². The average Bonchev–Trinajstić information content (AvgIpc) is 3.25. The maximum Gasteiger partial charge on any atom is 0.163 e. The summed E-state index contributed by atoms with van der Waals surface area (Å²) in [6.45, 7) is 6.37. The van der Waals surface area contributed by atoms with Gasteiger partial charge in [-0.1, -0.05) is 0 Å². The van der Waals surface area contributed by atoms with Gasteiger partial charge in [0.25, 0.3) is 0 Å². The van der Waals surface area contributed by atoms with Gasteiger partial charge >= 0.3 is 0 Å². The number of dihydropyridines is 1. The summed E-state index contributed by atoms with van der Waals surface area (Å²) in [6.07, 6.45) is 7.50. The fraction of sp³-hybridized carbons (Fsp3) is 0.500. The summed E-state index contributed by atoms with van der Waals surface area (Å²) in [5.41, 5.74) is 2.18. The van der Waals surface area contributed by atoms with E-state index in [-0.39, 0.29) is 6.04 Å². The van der Waals surface area contributed by atoms with Gasteiger partial charge in [-0.05, 0) is 51.4 Å². The molecule has 0 saturated carbocycles. The van der Waals surface area contributed by atoms with E-state index in [2.05, 4.69) is 16.8 Å². The molecule has 5 nitrogen and oxygen atoms in total. The number of likely N-dealkylation sites (tertiary alicyclic amines) is 1. The molecular weight excluding hydrogens is 314 g/mol. The predicted octanol–water partition coefficient (Wildman–Crippen LogP) is 1.70. The van der Waals surface area contributed by atoms with Crippen LogP contribution in [0.2, 0.25) is 0 Å². The Labute approximate surface area is 148 Å². The Morgan fingerprint density at radius 3 is 2.84 bits per heavy atom. The van der Waals surface area contributed by atoms with Gasteiger partial charge in [0.2, 0.25) is 0 Å². The lowest BCUT2D eigenvalue weighted by atomic mass is 10.0. The Hall–Kier alpha value is -2.14. The minimum absolute atomic E-state index is 0.127. The molecule has 3 heterocycles. The van der Waals surface area contributed by atoms with Crippen molar-refractivity contribution in [3.05, 3.63) is 34.5 Å². The van der Waals surface area contributed by atoms with E-state index < -0.39 is 0 Å². The van der Waals surface area contributed by atoms with E-state index in [4.69, 9.17) is 14.5 Å². The summed E-state index contributed by atoms with van der Waals surface area (Å²) in [6, 6.07) is 4.17. The summed E-state index contributed by atoms with van der Waals surface area (Å²) in [5, 5.41) is 2.06. The van der Waals surface area contributed by atoms with Crippen LogP contribution in [0.5, 0.6) is 11.5 Å². The van der Waals surface area contributed by atoms with Crippen LogP contribution in [0.4, 0.5) is 0 Å². The Morgan fingerprint density at radius 2 is 2.04 bits per heavy atom. The van der Waals surface area contributed by atoms with Gasteiger partial charge in [0.15, 0.2) is 11.5 Å². The normalized spacial score (nSPS) is 21.6. The van der Waals surface area contributed by atoms with Gasteiger partial charge in [0.1, 0.15) is 0 Å². The lowest BCUT2D eigenvalue weighted by molar-refractivity contribution is 0.254. The number of nitrogens with zero attached hydrogens (tertiary/aromatic N) is 3. The van der Waals surface area contributed by atoms with Gasteiger partial charge in [0, 0.05) is 29.6 Å². The number of allylic oxidation sites excluding steroid dienone is 1. The van der Waals surface area contributed by atoms with Crippen molar-refractivity contribution < 1.29 is 9.47 Å². The van der Waals surface area contributed by atoms with Crippen molar-refractivity contribution in [2.24, 2.45) is 9.98 Å². The Morgan fingerprint density at radius 1 is 1.20 bits per heavy atom. The van der Waals surface area contributed by atoms with Gasteiger partial charge < -0.3 is 14.4 Å². The largest absolute Gasteiger partial charge is 0.493 e. The van der Waals surface area contributed by atoms with Crippen LogP contribution in [0.1, 0.15) is 26.2 Å². The molecule has 0 spiro atoms. The first kappa shape index (κ1) is 16.3. The van der Waals surface area contributed by atoms with E-state index in [0.717, 1.165) is 40.7 Å². The van der Waals surface area contributed by atoms with Crippen LogP contribution in [-0.2, 0) is 0 Å². The molecule has 0 N–H and O–H groups in total. The van der Waals surface area contributed by atoms with Crippen LogP contribution in [0.3, 0.4) is 0 Å². The highest BCUT2D eigenvalue weighted by atomic mass is 16.5. The third-order valence-corrected chi connectivity index (χ3v) is 5.12. The Balaban J connectivity index is 1.53. The molecule has 1 aromatic carbocycles. The third kappa shape index (κ3) is 3.21. The van der Waals surface area contributed by atoms with Gasteiger partial charge in [-0.25, -0.2) is 4.99 Å². The SMILES string of the molecule is COc1cc2c(cc1OCCCN1CCCC1)=NC1=CC=NC(C)C=21. The second kappa shape index (κ2) is 7.00. The van der Waals surface area contributed by atoms with E-state index in [1.54, 1.807) is 7.11 Å². The molecule has 1 saturated heterocycles. The molecule has 1 aromatic rings. The number of rotatable bonds is 6. The van der Waals surface area contributed by atoms with Crippen molar-refractivity contribution in [2.75, 3.05) is 33.4 Å². The first-order valence-corrected chi connectivity index (χ1v) is 9.16. The number of aliphatic imine (C=N–C) groups is 1. The first-order chi connectivity index (χ1) is 12.3. The van der Waals surface area contributed by atoms with Crippen molar-refractivity contribution >= 4 is 11.8 Å². The summed E-state index contributed by atoms with van der Waals surface area (Å²) >= 11 is 0. The highest BCUT2D eigenvalue weighted by Gasteiger charge is 2.22. The van der Waals surface area contributed by atoms with Crippen LogP contribution >= 0.6 is 0 Å². The number of methoxy groups -OCH3 is 1. The molecule has 0 aliphatic carbocycles. The fourth-order valence-electron chi connectivity index (χ4n) is 3.82. The number of fused-ring (bicyclic) bond motifs is 2. The minimum atomic E-state index is 0.127. The van der Waals surface area contributed by atoms with Gasteiger partial charge in [-0.2, -0.15) is 0 Å². The number of benzene rings is 1. The van der Waals surface area contributed by atoms with Gasteiger partial charge in [0.05, 0.1) is 30.8 Å². The number of ether oxygens (including phenoxy) is 2. The summed E-state index contributed by atoms with van der Waals surface area (Å²) in [7, 11) is 1.69. The third-order valence-electron chi connectivity index (χ3n) is 5.12. The second-order valence-electron chi connectivity index (χ2n) is 6.82. The van der Waals surface area contributed by atoms with Crippen molar-refractivity contribution in [3.8, 4) is 11.5 Å². The zero-order valence-corrected chi connectivity index (χ0v) is 15.0. The molecule has 1 atom stereocenters. The van der Waals surface area contributed by atoms with Crippen LogP contribution in [0.25, 0.3) is 5.57 Å². The topological polar surface area (TPSA) is 46.4 Å². The van der Waals surface area contributed by atoms with E-state index in [1.807, 2.05) is 24.4 Å².